The van der Waals surface area contributed by atoms with Gasteiger partial charge in [0.2, 0.25) is 112 Å². The van der Waals surface area contributed by atoms with E-state index in [9.17, 15) is 116 Å². The number of aliphatic hydroxyl groups is 1. The van der Waals surface area contributed by atoms with Gasteiger partial charge < -0.3 is 168 Å². The maximum atomic E-state index is 14.8. The summed E-state index contributed by atoms with van der Waals surface area (Å²) in [7, 11) is 0. The van der Waals surface area contributed by atoms with Gasteiger partial charge in [0.1, 0.15) is 103 Å². The topological polar surface area (TPSA) is 939 Å². The first-order chi connectivity index (χ1) is 70.3. The van der Waals surface area contributed by atoms with Gasteiger partial charge in [0.05, 0.1) is 19.1 Å². The zero-order valence-corrected chi connectivity index (χ0v) is 89.5. The van der Waals surface area contributed by atoms with E-state index in [0.29, 0.717) is 38.5 Å². The van der Waals surface area contributed by atoms with Gasteiger partial charge in [-0.1, -0.05) is 116 Å². The Morgan fingerprint density at radius 2 is 0.553 bits per heavy atom. The van der Waals surface area contributed by atoms with Crippen LogP contribution in [0.25, 0.3) is 0 Å². The van der Waals surface area contributed by atoms with E-state index in [0.717, 1.165) is 0 Å². The Hall–Kier alpha value is -13.5. The third-order valence-electron chi connectivity index (χ3n) is 23.8. The Morgan fingerprint density at radius 1 is 0.280 bits per heavy atom. The van der Waals surface area contributed by atoms with Gasteiger partial charge >= 0.3 is 11.9 Å². The third-order valence-corrected chi connectivity index (χ3v) is 23.8. The van der Waals surface area contributed by atoms with E-state index in [4.69, 9.17) is 62.1 Å². The molecule has 0 aliphatic carbocycles. The maximum Gasteiger partial charge on any atom is 0.326 e. The summed E-state index contributed by atoms with van der Waals surface area (Å²) >= 11 is 0. The molecule has 854 valence electrons. The van der Waals surface area contributed by atoms with Crippen LogP contribution in [0.15, 0.2) is 0 Å². The summed E-state index contributed by atoms with van der Waals surface area (Å²) in [6.07, 6.45) is -1.01. The highest BCUT2D eigenvalue weighted by Gasteiger charge is 2.42. The molecule has 0 aromatic carbocycles. The summed E-state index contributed by atoms with van der Waals surface area (Å²) in [4.78, 5) is 293. The van der Waals surface area contributed by atoms with Crippen LogP contribution in [0, 0.1) is 51.7 Å². The van der Waals surface area contributed by atoms with Crippen LogP contribution < -0.4 is 152 Å². The average molecular weight is 2140 g/mol. The third kappa shape index (κ3) is 56.8. The van der Waals surface area contributed by atoms with Crippen molar-refractivity contribution < 1.29 is 116 Å². The fraction of sp³-hybridized carbons (Fsp3) is 0.747. The number of carboxylic acids is 2. The molecule has 0 heterocycles. The number of carbonyl (C=O) groups is 21. The molecular weight excluding hydrogens is 1960 g/mol. The van der Waals surface area contributed by atoms with Crippen molar-refractivity contribution in [3.05, 3.63) is 0 Å². The normalized spacial score (nSPS) is 15.0. The van der Waals surface area contributed by atoms with Gasteiger partial charge in [-0.2, -0.15) is 0 Å². The molecule has 42 N–H and O–H groups in total. The number of aliphatic carboxylic acids is 2. The molecule has 0 saturated carbocycles. The molecule has 0 aromatic rings. The number of rotatable bonds is 79. The molecule has 0 saturated heterocycles. The second kappa shape index (κ2) is 73.6. The fourth-order valence-electron chi connectivity index (χ4n) is 15.3. The number of primary amides is 2. The molecule has 0 aromatic heterocycles. The number of carbonyl (C=O) groups excluding carboxylic acids is 19. The average Bonchev–Trinajstić information content (AvgIpc) is 0.849. The van der Waals surface area contributed by atoms with Crippen LogP contribution in [0.2, 0.25) is 0 Å². The Morgan fingerprint density at radius 3 is 0.893 bits per heavy atom. The van der Waals surface area contributed by atoms with E-state index in [1.807, 2.05) is 0 Å². The van der Waals surface area contributed by atoms with Crippen LogP contribution in [0.5, 0.6) is 0 Å². The minimum Gasteiger partial charge on any atom is -0.481 e. The fourth-order valence-corrected chi connectivity index (χ4v) is 15.3. The van der Waals surface area contributed by atoms with Crippen LogP contribution in [-0.4, -0.2) is 305 Å². The minimum atomic E-state index is -2.01. The summed E-state index contributed by atoms with van der Waals surface area (Å²) in [5.41, 5.74) is 45.0. The predicted octanol–water partition coefficient (Wildman–Crippen LogP) is -6.81. The second-order valence-electron chi connectivity index (χ2n) is 39.5. The van der Waals surface area contributed by atoms with Crippen molar-refractivity contribution in [2.45, 2.75) is 380 Å². The number of amides is 19. The largest absolute Gasteiger partial charge is 0.481 e. The Labute approximate surface area is 877 Å². The first-order valence-corrected chi connectivity index (χ1v) is 51.5. The highest BCUT2D eigenvalue weighted by Crippen LogP contribution is 2.19. The zero-order valence-electron chi connectivity index (χ0n) is 89.5. The molecule has 0 radical (unpaired) electrons. The summed E-state index contributed by atoms with van der Waals surface area (Å²) in [5.74, 6) is -25.5. The first-order valence-electron chi connectivity index (χ1n) is 51.5. The van der Waals surface area contributed by atoms with Gasteiger partial charge in [-0.3, -0.25) is 112 Å². The lowest BCUT2D eigenvalue weighted by Crippen LogP contribution is -2.61. The van der Waals surface area contributed by atoms with Crippen LogP contribution >= 0.6 is 0 Å². The standard InChI is InChI=1S/C95H175N31O24/c1-16-19-28-57(79(136)118-63(92(149)150)32-26-41-109-95(105)106)117-91(148)74(53(14)17-2)126-88(145)68(46-72(130)131)122-82(139)62(34-36-71(100)129)116-85(142)64(42-48(4)5)121-86(143)65(43-49(6)7)119-80(137)58(29-20-22-37-96)114-78(135)60(31-25-40-108-94(103)104)112-75(132)54(15)110-89(146)69(47-127)124-87(144)66(44-50(8)9)120-81(138)61(33-35-70(99)128)115-77(134)56(18-3)111-84(141)67(45-51(10)11)123-90(147)73(52(12)13)125-83(140)59(30-21-23-38-97)113-76(133)55(98)27-24-39-107-93(101)102/h48-69,73-74,127H,16-47,96-98H2,1-15H3,(H2,99,128)(H2,100,129)(H,110,146)(H,111,141)(H,112,132)(H,113,133)(H,114,135)(H,115,134)(H,116,142)(H,117,148)(H,118,136)(H,119,137)(H,120,138)(H,121,143)(H,122,139)(H,123,147)(H,124,144)(H,125,140)(H,126,145)(H,130,131)(H,149,150)(H4,101,102,107)(H4,103,104,108)(H4,105,106,109)/t53-,54-,55-,56-,57-,58-,59-,60-,61-,62-,63+,64-,65-,66-,67-,68-,69-,73-,74-/m0/s1. The number of hydrogen-bond donors (Lipinski definition) is 34. The number of carboxylic acid groups (broad SMARTS) is 2. The number of nitrogens with one attached hydrogen (secondary N) is 23. The van der Waals surface area contributed by atoms with Crippen molar-refractivity contribution >= 4 is 142 Å². The maximum absolute atomic E-state index is 14.8. The van der Waals surface area contributed by atoms with E-state index in [1.54, 1.807) is 90.0 Å². The van der Waals surface area contributed by atoms with E-state index in [1.165, 1.54) is 13.8 Å². The summed E-state index contributed by atoms with van der Waals surface area (Å²) in [6.45, 7) is 24.2. The monoisotopic (exact) mass is 2130 g/mol. The van der Waals surface area contributed by atoms with Crippen molar-refractivity contribution in [3.63, 3.8) is 0 Å². The minimum absolute atomic E-state index is 0.00501. The highest BCUT2D eigenvalue weighted by molar-refractivity contribution is 6.02. The summed E-state index contributed by atoms with van der Waals surface area (Å²) in [6, 6.07) is -27.2. The molecule has 0 aliphatic heterocycles. The highest BCUT2D eigenvalue weighted by atomic mass is 16.4. The van der Waals surface area contributed by atoms with Crippen LogP contribution in [0.1, 0.15) is 271 Å². The van der Waals surface area contributed by atoms with Gasteiger partial charge in [-0.25, -0.2) is 4.79 Å². The van der Waals surface area contributed by atoms with Crippen LogP contribution in [-0.2, 0) is 101 Å². The van der Waals surface area contributed by atoms with Gasteiger partial charge in [-0.05, 0) is 184 Å². The SMILES string of the molecule is CCCC[C@H](NC(=O)[C@@H](NC(=O)[C@H](CC(=O)O)NC(=O)[C@H](CCC(N)=O)NC(=O)[C@H](CC(C)C)NC(=O)[C@H](CC(C)C)NC(=O)[C@H](CCCCN)NC(=O)[C@H](CCCNC(=N)N)NC(=O)[C@H](C)NC(=O)[C@H](CO)NC(=O)[C@H](CC(C)C)NC(=O)[C@H](CCC(N)=O)NC(=O)[C@H](CC)NC(=O)[C@H](CC(C)C)NC(=O)[C@@H](NC(=O)[C@H](CCCCN)NC(=O)[C@@H](N)CCCNC(=N)N)C(C)C)[C@@H](C)CC)C(=O)N[C@H](CCCNC(=N)N)C(=O)O. The first kappa shape index (κ1) is 137. The predicted molar refractivity (Wildman–Crippen MR) is 555 cm³/mol. The number of hydrogen-bond acceptors (Lipinski definition) is 28. The van der Waals surface area contributed by atoms with E-state index >= 15 is 0 Å². The lowest BCUT2D eigenvalue weighted by atomic mass is 9.96. The molecule has 0 rings (SSSR count). The molecule has 0 aliphatic rings. The molecule has 55 heteroatoms. The molecule has 55 nitrogen and oxygen atoms in total. The molecule has 19 amide bonds. The molecule has 150 heavy (non-hydrogen) atoms. The van der Waals surface area contributed by atoms with Crippen molar-refractivity contribution in [1.29, 1.82) is 16.2 Å². The van der Waals surface area contributed by atoms with E-state index in [-0.39, 0.29) is 147 Å². The number of nitrogens with two attached hydrogens (primary N) is 8. The van der Waals surface area contributed by atoms with Gasteiger partial charge in [-0.15, -0.1) is 0 Å². The van der Waals surface area contributed by atoms with Crippen LogP contribution in [0.4, 0.5) is 0 Å². The second-order valence-corrected chi connectivity index (χ2v) is 39.5. The molecular formula is C95H175N31O24. The van der Waals surface area contributed by atoms with E-state index in [2.05, 4.69) is 106 Å². The Bertz CT molecular complexity index is 4410. The van der Waals surface area contributed by atoms with Crippen molar-refractivity contribution in [2.24, 2.45) is 81.4 Å². The van der Waals surface area contributed by atoms with Gasteiger partial charge in [0.15, 0.2) is 17.9 Å². The van der Waals surface area contributed by atoms with Crippen molar-refractivity contribution in [3.8, 4) is 0 Å². The van der Waals surface area contributed by atoms with E-state index < -0.39 is 307 Å². The number of aliphatic hydroxyl groups excluding tert-OH is 1. The Kier molecular flexibility index (Phi) is 67.0. The number of unbranched alkanes of at least 4 members (excludes halogenated alkanes) is 3. The van der Waals surface area contributed by atoms with Crippen molar-refractivity contribution in [1.82, 2.24) is 106 Å². The summed E-state index contributed by atoms with van der Waals surface area (Å²) < 4.78 is 0. The lowest BCUT2D eigenvalue weighted by Gasteiger charge is -2.30. The summed E-state index contributed by atoms with van der Waals surface area (Å²) in [5, 5.41) is 104. The van der Waals surface area contributed by atoms with Crippen molar-refractivity contribution in [2.75, 3.05) is 39.3 Å². The number of guanidine groups is 3. The smallest absolute Gasteiger partial charge is 0.326 e. The van der Waals surface area contributed by atoms with Gasteiger partial charge in [0, 0.05) is 32.5 Å². The van der Waals surface area contributed by atoms with Crippen LogP contribution in [0.3, 0.4) is 0 Å². The Balaban J connectivity index is 7.25. The molecule has 19 atom stereocenters. The lowest BCUT2D eigenvalue weighted by molar-refractivity contribution is -0.142. The molecule has 0 fully saturated rings. The molecule has 0 unspecified atom stereocenters. The quantitative estimate of drug-likeness (QED) is 0.0153. The molecule has 0 bridgehead atoms. The molecule has 0 spiro atoms. The zero-order chi connectivity index (χ0) is 114. The van der Waals surface area contributed by atoms with Gasteiger partial charge in [0.25, 0.3) is 0 Å².